The summed E-state index contributed by atoms with van der Waals surface area (Å²) in [6, 6.07) is 9.29. The van der Waals surface area contributed by atoms with Crippen molar-refractivity contribution in [1.82, 2.24) is 0 Å². The molecule has 0 aliphatic heterocycles. The Balaban J connectivity index is 2.77. The highest BCUT2D eigenvalue weighted by Gasteiger charge is 2.19. The van der Waals surface area contributed by atoms with E-state index in [1.54, 1.807) is 12.1 Å². The minimum atomic E-state index is -0.297. The molecule has 1 unspecified atom stereocenters. The van der Waals surface area contributed by atoms with E-state index in [2.05, 4.69) is 11.4 Å². The van der Waals surface area contributed by atoms with E-state index in [1.165, 1.54) is 0 Å². The number of benzene rings is 1. The average Bonchev–Trinajstić information content (AvgIpc) is 2.30. The molecular formula is C12H16N2O. The van der Waals surface area contributed by atoms with Crippen LogP contribution in [0.3, 0.4) is 0 Å². The van der Waals surface area contributed by atoms with E-state index >= 15 is 0 Å². The van der Waals surface area contributed by atoms with Crippen molar-refractivity contribution < 1.29 is 5.11 Å². The highest BCUT2D eigenvalue weighted by atomic mass is 16.3. The first-order valence-electron chi connectivity index (χ1n) is 5.03. The van der Waals surface area contributed by atoms with Crippen LogP contribution in [0.4, 0.5) is 5.69 Å². The van der Waals surface area contributed by atoms with Crippen LogP contribution in [0.25, 0.3) is 0 Å². The molecule has 0 aliphatic rings. The quantitative estimate of drug-likeness (QED) is 0.790. The minimum Gasteiger partial charge on any atom is -0.394 e. The Morgan fingerprint density at radius 1 is 1.40 bits per heavy atom. The van der Waals surface area contributed by atoms with Crippen molar-refractivity contribution in [3.63, 3.8) is 0 Å². The molecule has 1 aromatic rings. The number of nitriles is 1. The van der Waals surface area contributed by atoms with Crippen molar-refractivity contribution in [2.24, 2.45) is 0 Å². The number of aliphatic hydroxyl groups is 1. The third-order valence-electron chi connectivity index (χ3n) is 2.59. The summed E-state index contributed by atoms with van der Waals surface area (Å²) in [5.74, 6) is 0. The zero-order valence-corrected chi connectivity index (χ0v) is 9.12. The molecule has 0 aromatic heterocycles. The van der Waals surface area contributed by atoms with Crippen molar-refractivity contribution in [3.8, 4) is 6.07 Å². The molecule has 2 N–H and O–H groups in total. The zero-order chi connectivity index (χ0) is 11.3. The van der Waals surface area contributed by atoms with Gasteiger partial charge in [-0.15, -0.1) is 0 Å². The largest absolute Gasteiger partial charge is 0.394 e. The van der Waals surface area contributed by atoms with Crippen LogP contribution in [0.1, 0.15) is 25.8 Å². The Morgan fingerprint density at radius 3 is 2.40 bits per heavy atom. The first-order valence-corrected chi connectivity index (χ1v) is 5.03. The van der Waals surface area contributed by atoms with Crippen LogP contribution in [-0.4, -0.2) is 17.3 Å². The fourth-order valence-electron chi connectivity index (χ4n) is 1.22. The number of anilines is 1. The van der Waals surface area contributed by atoms with Gasteiger partial charge in [0.25, 0.3) is 0 Å². The molecule has 1 aromatic carbocycles. The van der Waals surface area contributed by atoms with E-state index in [1.807, 2.05) is 26.0 Å². The molecule has 0 amide bonds. The van der Waals surface area contributed by atoms with E-state index in [4.69, 9.17) is 5.26 Å². The van der Waals surface area contributed by atoms with E-state index in [-0.39, 0.29) is 12.1 Å². The molecule has 15 heavy (non-hydrogen) atoms. The number of hydrogen-bond donors (Lipinski definition) is 2. The predicted molar refractivity (Wildman–Crippen MR) is 60.6 cm³/mol. The molecule has 1 atom stereocenters. The van der Waals surface area contributed by atoms with Crippen LogP contribution >= 0.6 is 0 Å². The lowest BCUT2D eigenvalue weighted by molar-refractivity contribution is 0.219. The van der Waals surface area contributed by atoms with Gasteiger partial charge in [-0.2, -0.15) is 5.26 Å². The van der Waals surface area contributed by atoms with E-state index in [0.29, 0.717) is 5.56 Å². The Hall–Kier alpha value is -1.53. The minimum absolute atomic E-state index is 0.0868. The normalized spacial score (nSPS) is 14.0. The summed E-state index contributed by atoms with van der Waals surface area (Å²) in [4.78, 5) is 0. The first-order chi connectivity index (χ1) is 7.13. The maximum Gasteiger partial charge on any atom is 0.0991 e. The summed E-state index contributed by atoms with van der Waals surface area (Å²) in [6.07, 6.45) is 0.837. The van der Waals surface area contributed by atoms with Crippen molar-refractivity contribution in [3.05, 3.63) is 29.8 Å². The Kier molecular flexibility index (Phi) is 3.70. The molecule has 0 radical (unpaired) electrons. The van der Waals surface area contributed by atoms with Crippen molar-refractivity contribution in [2.45, 2.75) is 25.8 Å². The van der Waals surface area contributed by atoms with E-state index in [9.17, 15) is 5.11 Å². The molecule has 0 aliphatic carbocycles. The van der Waals surface area contributed by atoms with Gasteiger partial charge in [-0.05, 0) is 37.6 Å². The van der Waals surface area contributed by atoms with Gasteiger partial charge in [0.2, 0.25) is 0 Å². The van der Waals surface area contributed by atoms with Gasteiger partial charge in [0.1, 0.15) is 0 Å². The van der Waals surface area contributed by atoms with Crippen molar-refractivity contribution >= 4 is 5.69 Å². The molecule has 0 saturated heterocycles. The van der Waals surface area contributed by atoms with E-state index in [0.717, 1.165) is 12.1 Å². The third-order valence-corrected chi connectivity index (χ3v) is 2.59. The number of nitrogens with one attached hydrogen (secondary N) is 1. The molecule has 0 heterocycles. The topological polar surface area (TPSA) is 56.0 Å². The molecule has 0 bridgehead atoms. The van der Waals surface area contributed by atoms with Crippen molar-refractivity contribution in [2.75, 3.05) is 11.9 Å². The molecule has 0 fully saturated rings. The second-order valence-electron chi connectivity index (χ2n) is 3.89. The summed E-state index contributed by atoms with van der Waals surface area (Å²) in [7, 11) is 0. The first kappa shape index (κ1) is 11.5. The molecule has 0 saturated carbocycles. The van der Waals surface area contributed by atoms with Gasteiger partial charge in [0, 0.05) is 5.69 Å². The Morgan fingerprint density at radius 2 is 2.00 bits per heavy atom. The Bertz CT molecular complexity index is 347. The SMILES string of the molecule is CCC(C)(CO)Nc1ccc(C#N)cc1. The monoisotopic (exact) mass is 204 g/mol. The van der Waals surface area contributed by atoms with Gasteiger partial charge in [-0.25, -0.2) is 0 Å². The van der Waals surface area contributed by atoms with Crippen LogP contribution in [0.15, 0.2) is 24.3 Å². The maximum absolute atomic E-state index is 9.23. The maximum atomic E-state index is 9.23. The smallest absolute Gasteiger partial charge is 0.0991 e. The summed E-state index contributed by atoms with van der Waals surface area (Å²) in [5.41, 5.74) is 1.27. The molecule has 80 valence electrons. The molecule has 1 rings (SSSR count). The summed E-state index contributed by atoms with van der Waals surface area (Å²) >= 11 is 0. The zero-order valence-electron chi connectivity index (χ0n) is 9.12. The van der Waals surface area contributed by atoms with Crippen LogP contribution in [-0.2, 0) is 0 Å². The highest BCUT2D eigenvalue weighted by Crippen LogP contribution is 2.18. The van der Waals surface area contributed by atoms with E-state index < -0.39 is 0 Å². The second kappa shape index (κ2) is 4.81. The second-order valence-corrected chi connectivity index (χ2v) is 3.89. The molecule has 3 heteroatoms. The standard InChI is InChI=1S/C12H16N2O/c1-3-12(2,9-15)14-11-6-4-10(8-13)5-7-11/h4-7,14-15H,3,9H2,1-2H3. The number of aliphatic hydroxyl groups excluding tert-OH is 1. The average molecular weight is 204 g/mol. The fourth-order valence-corrected chi connectivity index (χ4v) is 1.22. The summed E-state index contributed by atoms with van der Waals surface area (Å²) < 4.78 is 0. The number of nitrogens with zero attached hydrogens (tertiary/aromatic N) is 1. The summed E-state index contributed by atoms with van der Waals surface area (Å²) in [5, 5.41) is 21.1. The number of hydrogen-bond acceptors (Lipinski definition) is 3. The van der Waals surface area contributed by atoms with Gasteiger partial charge in [0.15, 0.2) is 0 Å². The lowest BCUT2D eigenvalue weighted by atomic mass is 10.00. The van der Waals surface area contributed by atoms with Crippen LogP contribution in [0, 0.1) is 11.3 Å². The predicted octanol–water partition coefficient (Wildman–Crippen LogP) is 2.13. The van der Waals surface area contributed by atoms with Crippen LogP contribution in [0.5, 0.6) is 0 Å². The van der Waals surface area contributed by atoms with Gasteiger partial charge in [-0.3, -0.25) is 0 Å². The lowest BCUT2D eigenvalue weighted by Crippen LogP contribution is -2.37. The Labute approximate surface area is 90.4 Å². The van der Waals surface area contributed by atoms with Gasteiger partial charge >= 0.3 is 0 Å². The van der Waals surface area contributed by atoms with Gasteiger partial charge in [-0.1, -0.05) is 6.92 Å². The molecule has 0 spiro atoms. The third kappa shape index (κ3) is 2.97. The van der Waals surface area contributed by atoms with Crippen molar-refractivity contribution in [1.29, 1.82) is 5.26 Å². The number of rotatable bonds is 4. The highest BCUT2D eigenvalue weighted by molar-refractivity contribution is 5.48. The molecule has 3 nitrogen and oxygen atoms in total. The summed E-state index contributed by atoms with van der Waals surface area (Å²) in [6.45, 7) is 4.07. The van der Waals surface area contributed by atoms with Crippen LogP contribution < -0.4 is 5.32 Å². The lowest BCUT2D eigenvalue weighted by Gasteiger charge is -2.28. The van der Waals surface area contributed by atoms with Crippen LogP contribution in [0.2, 0.25) is 0 Å². The fraction of sp³-hybridized carbons (Fsp3) is 0.417. The van der Waals surface area contributed by atoms with Gasteiger partial charge < -0.3 is 10.4 Å². The van der Waals surface area contributed by atoms with Gasteiger partial charge in [0.05, 0.1) is 23.8 Å². The molecular weight excluding hydrogens is 188 g/mol.